The van der Waals surface area contributed by atoms with Gasteiger partial charge in [0.2, 0.25) is 5.91 Å². The van der Waals surface area contributed by atoms with Crippen molar-refractivity contribution in [3.05, 3.63) is 97.9 Å². The summed E-state index contributed by atoms with van der Waals surface area (Å²) in [5.74, 6) is -1.86. The Labute approximate surface area is 170 Å². The van der Waals surface area contributed by atoms with Crippen molar-refractivity contribution < 1.29 is 18.3 Å². The van der Waals surface area contributed by atoms with E-state index in [9.17, 15) is 18.4 Å². The lowest BCUT2D eigenvalue weighted by Gasteiger charge is -2.15. The Morgan fingerprint density at radius 1 is 1.14 bits per heavy atom. The number of ether oxygens (including phenoxy) is 1. The molecule has 0 aliphatic carbocycles. The molecule has 1 heterocycles. The van der Waals surface area contributed by atoms with E-state index >= 15 is 0 Å². The van der Waals surface area contributed by atoms with Crippen molar-refractivity contribution in [2.24, 2.45) is 5.73 Å². The van der Waals surface area contributed by atoms with Gasteiger partial charge in [0.1, 0.15) is 29.0 Å². The van der Waals surface area contributed by atoms with E-state index in [0.717, 1.165) is 17.7 Å². The van der Waals surface area contributed by atoms with E-state index in [4.69, 9.17) is 22.1 Å². The lowest BCUT2D eigenvalue weighted by atomic mass is 10.1. The summed E-state index contributed by atoms with van der Waals surface area (Å²) in [6, 6.07) is 11.3. The van der Waals surface area contributed by atoms with Crippen molar-refractivity contribution in [2.45, 2.75) is 20.1 Å². The molecular formula is C21H17ClF2N2O3. The number of hydrogen-bond donors (Lipinski definition) is 1. The summed E-state index contributed by atoms with van der Waals surface area (Å²) in [5, 5.41) is -0.146. The molecule has 5 nitrogen and oxygen atoms in total. The number of pyridine rings is 1. The van der Waals surface area contributed by atoms with E-state index in [-0.39, 0.29) is 29.5 Å². The molecule has 2 N–H and O–H groups in total. The summed E-state index contributed by atoms with van der Waals surface area (Å²) in [7, 11) is 0. The van der Waals surface area contributed by atoms with Crippen molar-refractivity contribution in [3.8, 4) is 5.75 Å². The third-order valence-electron chi connectivity index (χ3n) is 4.39. The Morgan fingerprint density at radius 2 is 1.83 bits per heavy atom. The number of carbonyl (C=O) groups excluding carboxylic acids is 1. The van der Waals surface area contributed by atoms with Gasteiger partial charge in [-0.15, -0.1) is 0 Å². The average Bonchev–Trinajstić information content (AvgIpc) is 2.68. The van der Waals surface area contributed by atoms with Crippen LogP contribution in [0.15, 0.2) is 53.3 Å². The average molecular weight is 419 g/mol. The molecule has 0 saturated carbocycles. The maximum atomic E-state index is 13.7. The number of nitrogens with zero attached hydrogens (tertiary/aromatic N) is 1. The third kappa shape index (κ3) is 4.63. The molecule has 0 fully saturated rings. The molecule has 0 aliphatic rings. The number of aryl methyl sites for hydroxylation is 1. The Morgan fingerprint density at radius 3 is 2.45 bits per heavy atom. The maximum absolute atomic E-state index is 13.7. The molecule has 3 rings (SSSR count). The number of benzene rings is 2. The second-order valence-electron chi connectivity index (χ2n) is 6.44. The summed E-state index contributed by atoms with van der Waals surface area (Å²) in [6.45, 7) is 1.74. The van der Waals surface area contributed by atoms with E-state index in [0.29, 0.717) is 11.3 Å². The monoisotopic (exact) mass is 418 g/mol. The van der Waals surface area contributed by atoms with Crippen LogP contribution in [0, 0.1) is 18.6 Å². The highest BCUT2D eigenvalue weighted by atomic mass is 35.5. The minimum Gasteiger partial charge on any atom is -0.487 e. The molecule has 0 radical (unpaired) electrons. The number of primary amides is 1. The van der Waals surface area contributed by atoms with E-state index in [1.807, 2.05) is 0 Å². The number of hydrogen-bond acceptors (Lipinski definition) is 3. The van der Waals surface area contributed by atoms with Crippen LogP contribution >= 0.6 is 11.6 Å². The van der Waals surface area contributed by atoms with Crippen LogP contribution in [0.4, 0.5) is 8.78 Å². The predicted octanol–water partition coefficient (Wildman–Crippen LogP) is 3.81. The fourth-order valence-corrected chi connectivity index (χ4v) is 2.98. The van der Waals surface area contributed by atoms with Crippen LogP contribution in [0.5, 0.6) is 5.75 Å². The normalized spacial score (nSPS) is 10.8. The molecule has 1 aromatic heterocycles. The number of carbonyl (C=O) groups is 1. The first-order chi connectivity index (χ1) is 13.8. The SMILES string of the molecule is Cc1cc(OCc2ccc(F)cc2F)c(Cl)c(=O)n1Cc1ccc(C(N)=O)cc1. The molecule has 8 heteroatoms. The molecule has 150 valence electrons. The Kier molecular flexibility index (Phi) is 5.98. The van der Waals surface area contributed by atoms with Crippen molar-refractivity contribution in [3.63, 3.8) is 0 Å². The zero-order valence-electron chi connectivity index (χ0n) is 15.4. The number of nitrogens with two attached hydrogens (primary N) is 1. The largest absolute Gasteiger partial charge is 0.487 e. The predicted molar refractivity (Wildman–Crippen MR) is 105 cm³/mol. The maximum Gasteiger partial charge on any atom is 0.273 e. The molecule has 3 aromatic rings. The summed E-state index contributed by atoms with van der Waals surface area (Å²) < 4.78 is 33.7. The molecule has 0 aliphatic heterocycles. The van der Waals surface area contributed by atoms with Gasteiger partial charge in [0.05, 0.1) is 6.54 Å². The molecule has 0 atom stereocenters. The Balaban J connectivity index is 1.82. The molecule has 1 amide bonds. The number of rotatable bonds is 6. The molecule has 0 bridgehead atoms. The minimum absolute atomic E-state index is 0.109. The quantitative estimate of drug-likeness (QED) is 0.661. The first kappa shape index (κ1) is 20.5. The van der Waals surface area contributed by atoms with Gasteiger partial charge in [-0.2, -0.15) is 0 Å². The van der Waals surface area contributed by atoms with E-state index in [2.05, 4.69) is 0 Å². The first-order valence-corrected chi connectivity index (χ1v) is 8.99. The number of aromatic nitrogens is 1. The molecule has 0 spiro atoms. The van der Waals surface area contributed by atoms with Gasteiger partial charge < -0.3 is 15.0 Å². The first-order valence-electron chi connectivity index (χ1n) is 8.61. The summed E-state index contributed by atoms with van der Waals surface area (Å²) in [5.41, 5.74) is 6.61. The third-order valence-corrected chi connectivity index (χ3v) is 4.74. The van der Waals surface area contributed by atoms with Crippen LogP contribution < -0.4 is 16.0 Å². The zero-order valence-corrected chi connectivity index (χ0v) is 16.2. The van der Waals surface area contributed by atoms with Crippen LogP contribution in [-0.2, 0) is 13.2 Å². The van der Waals surface area contributed by atoms with Crippen molar-refractivity contribution >= 4 is 17.5 Å². The Hall–Kier alpha value is -3.19. The molecule has 0 saturated heterocycles. The lowest BCUT2D eigenvalue weighted by molar-refractivity contribution is 0.100. The van der Waals surface area contributed by atoms with Gasteiger partial charge >= 0.3 is 0 Å². The van der Waals surface area contributed by atoms with Gasteiger partial charge in [0.15, 0.2) is 0 Å². The van der Waals surface area contributed by atoms with Crippen LogP contribution in [0.2, 0.25) is 5.02 Å². The van der Waals surface area contributed by atoms with Crippen LogP contribution in [0.3, 0.4) is 0 Å². The second kappa shape index (κ2) is 8.45. The fraction of sp³-hybridized carbons (Fsp3) is 0.143. The van der Waals surface area contributed by atoms with E-state index in [1.165, 1.54) is 10.6 Å². The Bertz CT molecular complexity index is 1130. The van der Waals surface area contributed by atoms with Crippen LogP contribution in [0.1, 0.15) is 27.2 Å². The molecule has 29 heavy (non-hydrogen) atoms. The number of halogens is 3. The van der Waals surface area contributed by atoms with Crippen molar-refractivity contribution in [2.75, 3.05) is 0 Å². The smallest absolute Gasteiger partial charge is 0.273 e. The minimum atomic E-state index is -0.745. The van der Waals surface area contributed by atoms with Gasteiger partial charge in [0, 0.05) is 29.0 Å². The molecule has 0 unspecified atom stereocenters. The lowest BCUT2D eigenvalue weighted by Crippen LogP contribution is -2.24. The summed E-state index contributed by atoms with van der Waals surface area (Å²) in [4.78, 5) is 23.8. The summed E-state index contributed by atoms with van der Waals surface area (Å²) in [6.07, 6.45) is 0. The van der Waals surface area contributed by atoms with Gasteiger partial charge in [-0.25, -0.2) is 8.78 Å². The molecular weight excluding hydrogens is 402 g/mol. The van der Waals surface area contributed by atoms with Crippen LogP contribution in [0.25, 0.3) is 0 Å². The van der Waals surface area contributed by atoms with Crippen molar-refractivity contribution in [1.29, 1.82) is 0 Å². The standard InChI is InChI=1S/C21H17ClF2N2O3/c1-12-8-18(29-11-15-6-7-16(23)9-17(15)24)19(22)21(28)26(12)10-13-2-4-14(5-3-13)20(25)27/h2-9H,10-11H2,1H3,(H2,25,27). The highest BCUT2D eigenvalue weighted by Crippen LogP contribution is 2.24. The van der Waals surface area contributed by atoms with Gasteiger partial charge in [-0.1, -0.05) is 23.7 Å². The van der Waals surface area contributed by atoms with Crippen molar-refractivity contribution in [1.82, 2.24) is 4.57 Å². The molecule has 2 aromatic carbocycles. The summed E-state index contributed by atoms with van der Waals surface area (Å²) >= 11 is 6.16. The fourth-order valence-electron chi connectivity index (χ4n) is 2.77. The highest BCUT2D eigenvalue weighted by molar-refractivity contribution is 6.31. The topological polar surface area (TPSA) is 74.3 Å². The van der Waals surface area contributed by atoms with E-state index < -0.39 is 23.1 Å². The van der Waals surface area contributed by atoms with E-state index in [1.54, 1.807) is 37.3 Å². The highest BCUT2D eigenvalue weighted by Gasteiger charge is 2.14. The zero-order chi connectivity index (χ0) is 21.1. The van der Waals surface area contributed by atoms with Gasteiger partial charge in [-0.05, 0) is 36.8 Å². The van der Waals surface area contributed by atoms with Gasteiger partial charge in [0.25, 0.3) is 5.56 Å². The second-order valence-corrected chi connectivity index (χ2v) is 6.82. The van der Waals surface area contributed by atoms with Gasteiger partial charge in [-0.3, -0.25) is 9.59 Å². The number of amides is 1. The van der Waals surface area contributed by atoms with Crippen LogP contribution in [-0.4, -0.2) is 10.5 Å².